The third-order valence-corrected chi connectivity index (χ3v) is 4.12. The third kappa shape index (κ3) is 2.71. The Hall–Kier alpha value is -0.580. The highest BCUT2D eigenvalue weighted by Crippen LogP contribution is 2.24. The predicted molar refractivity (Wildman–Crippen MR) is 77.1 cm³/mol. The van der Waals surface area contributed by atoms with Crippen LogP contribution in [0, 0.1) is 0 Å². The number of amides is 1. The molecular weight excluding hydrogens is 316 g/mol. The molecule has 1 aliphatic rings. The maximum Gasteiger partial charge on any atom is 0.255 e. The molecule has 18 heavy (non-hydrogen) atoms. The summed E-state index contributed by atoms with van der Waals surface area (Å²) in [6, 6.07) is 5.67. The zero-order chi connectivity index (χ0) is 13.3. The van der Waals surface area contributed by atoms with E-state index in [1.54, 1.807) is 18.2 Å². The van der Waals surface area contributed by atoms with E-state index in [1.165, 1.54) is 0 Å². The van der Waals surface area contributed by atoms with Crippen molar-refractivity contribution in [2.75, 3.05) is 13.1 Å². The summed E-state index contributed by atoms with van der Waals surface area (Å²) in [6.07, 6.45) is 0. The first-order valence-corrected chi connectivity index (χ1v) is 7.16. The Balaban J connectivity index is 2.29. The molecule has 1 saturated heterocycles. The standard InChI is InChI=1S/C13H16BrClN2O/c1-8-6-16-7-9(2)17(8)13(18)11-4-3-10(15)5-12(11)14/h3-5,8-9,16H,6-7H2,1-2H3. The first-order chi connectivity index (χ1) is 8.50. The van der Waals surface area contributed by atoms with Crippen molar-refractivity contribution in [3.05, 3.63) is 33.3 Å². The highest BCUT2D eigenvalue weighted by Gasteiger charge is 2.30. The smallest absolute Gasteiger partial charge is 0.255 e. The van der Waals surface area contributed by atoms with E-state index in [1.807, 2.05) is 4.90 Å². The van der Waals surface area contributed by atoms with Crippen molar-refractivity contribution in [1.29, 1.82) is 0 Å². The molecule has 1 amide bonds. The van der Waals surface area contributed by atoms with Crippen molar-refractivity contribution in [2.24, 2.45) is 0 Å². The van der Waals surface area contributed by atoms with Crippen LogP contribution in [0.3, 0.4) is 0 Å². The number of carbonyl (C=O) groups is 1. The van der Waals surface area contributed by atoms with Gasteiger partial charge in [-0.1, -0.05) is 11.6 Å². The molecule has 0 bridgehead atoms. The van der Waals surface area contributed by atoms with Gasteiger partial charge in [0, 0.05) is 34.7 Å². The van der Waals surface area contributed by atoms with E-state index in [2.05, 4.69) is 35.1 Å². The second-order valence-electron chi connectivity index (χ2n) is 4.69. The Morgan fingerprint density at radius 1 is 1.39 bits per heavy atom. The van der Waals surface area contributed by atoms with Gasteiger partial charge in [-0.2, -0.15) is 0 Å². The first-order valence-electron chi connectivity index (χ1n) is 5.99. The van der Waals surface area contributed by atoms with Crippen molar-refractivity contribution in [3.63, 3.8) is 0 Å². The molecule has 1 aromatic carbocycles. The third-order valence-electron chi connectivity index (χ3n) is 3.23. The van der Waals surface area contributed by atoms with Crippen LogP contribution in [0.5, 0.6) is 0 Å². The lowest BCUT2D eigenvalue weighted by Crippen LogP contribution is -2.57. The fourth-order valence-corrected chi connectivity index (χ4v) is 3.19. The summed E-state index contributed by atoms with van der Waals surface area (Å²) >= 11 is 9.31. The maximum absolute atomic E-state index is 12.6. The van der Waals surface area contributed by atoms with Crippen LogP contribution in [0.15, 0.2) is 22.7 Å². The summed E-state index contributed by atoms with van der Waals surface area (Å²) in [5.41, 5.74) is 0.667. The van der Waals surface area contributed by atoms with E-state index in [0.717, 1.165) is 17.6 Å². The van der Waals surface area contributed by atoms with Gasteiger partial charge in [0.15, 0.2) is 0 Å². The highest BCUT2D eigenvalue weighted by molar-refractivity contribution is 9.10. The average Bonchev–Trinajstić information content (AvgIpc) is 2.28. The summed E-state index contributed by atoms with van der Waals surface area (Å²) in [5, 5.41) is 3.94. The lowest BCUT2D eigenvalue weighted by Gasteiger charge is -2.39. The van der Waals surface area contributed by atoms with Crippen molar-refractivity contribution in [1.82, 2.24) is 10.2 Å². The van der Waals surface area contributed by atoms with E-state index in [4.69, 9.17) is 11.6 Å². The van der Waals surface area contributed by atoms with Gasteiger partial charge in [-0.05, 0) is 48.0 Å². The van der Waals surface area contributed by atoms with Crippen LogP contribution in [-0.2, 0) is 0 Å². The number of halogens is 2. The summed E-state index contributed by atoms with van der Waals surface area (Å²) < 4.78 is 0.748. The molecule has 2 rings (SSSR count). The topological polar surface area (TPSA) is 32.3 Å². The number of carbonyl (C=O) groups excluding carboxylic acids is 1. The van der Waals surface area contributed by atoms with Gasteiger partial charge in [0.05, 0.1) is 5.56 Å². The van der Waals surface area contributed by atoms with Gasteiger partial charge in [-0.15, -0.1) is 0 Å². The van der Waals surface area contributed by atoms with Crippen LogP contribution in [0.25, 0.3) is 0 Å². The van der Waals surface area contributed by atoms with Gasteiger partial charge < -0.3 is 10.2 Å². The van der Waals surface area contributed by atoms with E-state index in [-0.39, 0.29) is 18.0 Å². The molecule has 5 heteroatoms. The van der Waals surface area contributed by atoms with Crippen LogP contribution >= 0.6 is 27.5 Å². The van der Waals surface area contributed by atoms with Crippen LogP contribution in [0.4, 0.5) is 0 Å². The largest absolute Gasteiger partial charge is 0.331 e. The number of nitrogens with one attached hydrogen (secondary N) is 1. The van der Waals surface area contributed by atoms with Crippen LogP contribution < -0.4 is 5.32 Å². The maximum atomic E-state index is 12.6. The Kier molecular flexibility index (Phi) is 4.30. The Labute approximate surface area is 121 Å². The zero-order valence-electron chi connectivity index (χ0n) is 10.4. The lowest BCUT2D eigenvalue weighted by molar-refractivity contribution is 0.0543. The normalized spacial score (nSPS) is 24.1. The molecule has 1 aliphatic heterocycles. The molecule has 2 unspecified atom stereocenters. The molecule has 98 valence electrons. The zero-order valence-corrected chi connectivity index (χ0v) is 12.8. The molecule has 0 aliphatic carbocycles. The lowest BCUT2D eigenvalue weighted by atomic mass is 10.1. The molecule has 3 nitrogen and oxygen atoms in total. The molecule has 0 spiro atoms. The van der Waals surface area contributed by atoms with Crippen molar-refractivity contribution in [3.8, 4) is 0 Å². The molecular formula is C13H16BrClN2O. The number of benzene rings is 1. The van der Waals surface area contributed by atoms with E-state index in [0.29, 0.717) is 10.6 Å². The van der Waals surface area contributed by atoms with Crippen LogP contribution in [-0.4, -0.2) is 36.0 Å². The summed E-state index contributed by atoms with van der Waals surface area (Å²) in [5.74, 6) is 0.0556. The number of hydrogen-bond donors (Lipinski definition) is 1. The molecule has 1 heterocycles. The molecule has 0 saturated carbocycles. The monoisotopic (exact) mass is 330 g/mol. The summed E-state index contributed by atoms with van der Waals surface area (Å²) in [4.78, 5) is 14.5. The van der Waals surface area contributed by atoms with Gasteiger partial charge in [0.25, 0.3) is 5.91 Å². The molecule has 2 atom stereocenters. The summed E-state index contributed by atoms with van der Waals surface area (Å²) in [6.45, 7) is 5.79. The minimum absolute atomic E-state index is 0.0556. The van der Waals surface area contributed by atoms with Gasteiger partial charge in [-0.25, -0.2) is 0 Å². The molecule has 0 aromatic heterocycles. The minimum Gasteiger partial charge on any atom is -0.331 e. The van der Waals surface area contributed by atoms with Gasteiger partial charge in [0.2, 0.25) is 0 Å². The van der Waals surface area contributed by atoms with E-state index in [9.17, 15) is 4.79 Å². The molecule has 1 N–H and O–H groups in total. The Bertz CT molecular complexity index is 456. The quantitative estimate of drug-likeness (QED) is 0.858. The van der Waals surface area contributed by atoms with E-state index >= 15 is 0 Å². The average molecular weight is 332 g/mol. The van der Waals surface area contributed by atoms with Crippen LogP contribution in [0.2, 0.25) is 5.02 Å². The fraction of sp³-hybridized carbons (Fsp3) is 0.462. The molecule has 1 aromatic rings. The minimum atomic E-state index is 0.0556. The van der Waals surface area contributed by atoms with E-state index < -0.39 is 0 Å². The van der Waals surface area contributed by atoms with Gasteiger partial charge in [0.1, 0.15) is 0 Å². The second kappa shape index (κ2) is 5.59. The van der Waals surface area contributed by atoms with Gasteiger partial charge >= 0.3 is 0 Å². The number of piperazine rings is 1. The molecule has 1 fully saturated rings. The number of hydrogen-bond acceptors (Lipinski definition) is 2. The Morgan fingerprint density at radius 3 is 2.56 bits per heavy atom. The fourth-order valence-electron chi connectivity index (χ4n) is 2.33. The number of rotatable bonds is 1. The molecule has 0 radical (unpaired) electrons. The van der Waals surface area contributed by atoms with Crippen molar-refractivity contribution >= 4 is 33.4 Å². The van der Waals surface area contributed by atoms with Crippen molar-refractivity contribution in [2.45, 2.75) is 25.9 Å². The first kappa shape index (κ1) is 13.8. The second-order valence-corrected chi connectivity index (χ2v) is 5.98. The number of nitrogens with zero attached hydrogens (tertiary/aromatic N) is 1. The summed E-state index contributed by atoms with van der Waals surface area (Å²) in [7, 11) is 0. The predicted octanol–water partition coefficient (Wildman–Crippen LogP) is 2.92. The van der Waals surface area contributed by atoms with Crippen molar-refractivity contribution < 1.29 is 4.79 Å². The van der Waals surface area contributed by atoms with Gasteiger partial charge in [-0.3, -0.25) is 4.79 Å². The Morgan fingerprint density at radius 2 is 2.00 bits per heavy atom. The SMILES string of the molecule is CC1CNCC(C)N1C(=O)c1ccc(Cl)cc1Br. The highest BCUT2D eigenvalue weighted by atomic mass is 79.9. The van der Waals surface area contributed by atoms with Crippen LogP contribution in [0.1, 0.15) is 24.2 Å².